The Labute approximate surface area is 44.2 Å². The van der Waals surface area contributed by atoms with E-state index in [0.717, 1.165) is 0 Å². The second-order valence-electron chi connectivity index (χ2n) is 1.37. The fourth-order valence-corrected chi connectivity index (χ4v) is 0.341. The predicted molar refractivity (Wildman–Crippen MR) is 20.9 cm³/mol. The summed E-state index contributed by atoms with van der Waals surface area (Å²) in [5, 5.41) is 1.72. The molecule has 1 N–H and O–H groups in total. The normalized spacial score (nSPS) is 23.5. The molecule has 1 aliphatic heterocycles. The van der Waals surface area contributed by atoms with Gasteiger partial charge in [-0.15, -0.1) is 0 Å². The number of carbonyl (C=O) groups is 1. The Morgan fingerprint density at radius 3 is 2.50 bits per heavy atom. The summed E-state index contributed by atoms with van der Waals surface area (Å²) in [6, 6.07) is 0. The second-order valence-corrected chi connectivity index (χ2v) is 1.37. The minimum atomic E-state index is -3.33. The van der Waals surface area contributed by atoms with Crippen molar-refractivity contribution >= 4 is 5.91 Å². The maximum atomic E-state index is 11.8. The monoisotopic (exact) mass is 118 g/mol. The first-order valence-corrected chi connectivity index (χ1v) is 1.91. The Hall–Kier alpha value is -0.930. The van der Waals surface area contributed by atoms with Crippen LogP contribution in [0.3, 0.4) is 0 Å². The summed E-state index contributed by atoms with van der Waals surface area (Å²) < 4.78 is 23.6. The van der Waals surface area contributed by atoms with Gasteiger partial charge in [0, 0.05) is 6.08 Å². The first-order chi connectivity index (χ1) is 3.63. The zero-order valence-corrected chi connectivity index (χ0v) is 3.74. The Morgan fingerprint density at radius 1 is 1.75 bits per heavy atom. The molecule has 0 aromatic carbocycles. The number of halogens is 2. The molecule has 4 heteroatoms. The third-order valence-corrected chi connectivity index (χ3v) is 0.742. The molecule has 0 unspecified atom stereocenters. The van der Waals surface area contributed by atoms with Gasteiger partial charge in [-0.2, -0.15) is 8.78 Å². The van der Waals surface area contributed by atoms with E-state index in [2.05, 4.69) is 0 Å². The average molecular weight is 118 g/mol. The molecule has 0 aromatic rings. The zero-order chi connectivity index (χ0) is 6.20. The van der Waals surface area contributed by atoms with Crippen LogP contribution < -0.4 is 5.32 Å². The van der Waals surface area contributed by atoms with Gasteiger partial charge in [0.25, 0.3) is 5.91 Å². The smallest absolute Gasteiger partial charge is 0.319 e. The molecule has 0 bridgehead atoms. The predicted octanol–water partition coefficient (Wildman–Crippen LogP) is 0.0684. The summed E-state index contributed by atoms with van der Waals surface area (Å²) in [5.74, 6) is -4.64. The highest BCUT2D eigenvalue weighted by Crippen LogP contribution is 2.17. The SMILES string of the molecule is O=C1N[C]=CC1(F)F. The lowest BCUT2D eigenvalue weighted by molar-refractivity contribution is -0.136. The van der Waals surface area contributed by atoms with Gasteiger partial charge in [0.2, 0.25) is 0 Å². The molecule has 0 atom stereocenters. The molecule has 0 fully saturated rings. The van der Waals surface area contributed by atoms with Gasteiger partial charge in [-0.3, -0.25) is 4.79 Å². The first-order valence-electron chi connectivity index (χ1n) is 1.91. The molecule has 0 saturated carbocycles. The standard InChI is InChI=1S/C4H2F2NO/c5-4(6)1-2-7-3(4)8/h1H,(H,7,8). The van der Waals surface area contributed by atoms with Crippen LogP contribution in [0.5, 0.6) is 0 Å². The van der Waals surface area contributed by atoms with Crippen molar-refractivity contribution in [1.82, 2.24) is 5.32 Å². The zero-order valence-electron chi connectivity index (χ0n) is 3.74. The third kappa shape index (κ3) is 0.576. The molecular weight excluding hydrogens is 116 g/mol. The van der Waals surface area contributed by atoms with Crippen molar-refractivity contribution < 1.29 is 13.6 Å². The lowest BCUT2D eigenvalue weighted by Crippen LogP contribution is -2.29. The quantitative estimate of drug-likeness (QED) is 0.479. The van der Waals surface area contributed by atoms with Crippen LogP contribution in [0.4, 0.5) is 8.78 Å². The molecule has 1 amide bonds. The van der Waals surface area contributed by atoms with Crippen molar-refractivity contribution in [2.75, 3.05) is 0 Å². The fraction of sp³-hybridized carbons (Fsp3) is 0.250. The Balaban J connectivity index is 2.82. The number of rotatable bonds is 0. The molecule has 8 heavy (non-hydrogen) atoms. The number of alkyl halides is 2. The van der Waals surface area contributed by atoms with Crippen molar-refractivity contribution in [2.45, 2.75) is 5.92 Å². The van der Waals surface area contributed by atoms with Gasteiger partial charge in [0.15, 0.2) is 0 Å². The van der Waals surface area contributed by atoms with Crippen LogP contribution in [-0.2, 0) is 4.79 Å². The summed E-state index contributed by atoms with van der Waals surface area (Å²) >= 11 is 0. The van der Waals surface area contributed by atoms with Crippen LogP contribution in [0.1, 0.15) is 0 Å². The topological polar surface area (TPSA) is 29.1 Å². The molecular formula is C4H2F2NO. The summed E-state index contributed by atoms with van der Waals surface area (Å²) in [4.78, 5) is 9.94. The summed E-state index contributed by atoms with van der Waals surface area (Å²) in [7, 11) is 0. The van der Waals surface area contributed by atoms with Gasteiger partial charge in [-0.05, 0) is 0 Å². The summed E-state index contributed by atoms with van der Waals surface area (Å²) in [5.41, 5.74) is 0. The Kier molecular flexibility index (Phi) is 0.829. The van der Waals surface area contributed by atoms with E-state index in [4.69, 9.17) is 0 Å². The van der Waals surface area contributed by atoms with Crippen LogP contribution in [0, 0.1) is 6.20 Å². The average Bonchev–Trinajstić information content (AvgIpc) is 1.86. The molecule has 0 aromatic heterocycles. The van der Waals surface area contributed by atoms with E-state index in [-0.39, 0.29) is 0 Å². The molecule has 1 rings (SSSR count). The lowest BCUT2D eigenvalue weighted by atomic mass is 10.4. The highest BCUT2D eigenvalue weighted by molar-refractivity contribution is 5.88. The second kappa shape index (κ2) is 1.27. The minimum Gasteiger partial charge on any atom is -0.319 e. The van der Waals surface area contributed by atoms with E-state index in [9.17, 15) is 13.6 Å². The summed E-state index contributed by atoms with van der Waals surface area (Å²) in [6.45, 7) is 0. The van der Waals surface area contributed by atoms with Crippen molar-refractivity contribution in [1.29, 1.82) is 0 Å². The number of nitrogens with one attached hydrogen (secondary N) is 1. The highest BCUT2D eigenvalue weighted by Gasteiger charge is 2.38. The maximum Gasteiger partial charge on any atom is 0.345 e. The molecule has 1 radical (unpaired) electrons. The fourth-order valence-electron chi connectivity index (χ4n) is 0.341. The van der Waals surface area contributed by atoms with Crippen molar-refractivity contribution in [3.05, 3.63) is 12.3 Å². The van der Waals surface area contributed by atoms with Gasteiger partial charge < -0.3 is 5.32 Å². The molecule has 1 aliphatic rings. The molecule has 0 saturated heterocycles. The number of hydrogen-bond acceptors (Lipinski definition) is 1. The van der Waals surface area contributed by atoms with E-state index in [1.165, 1.54) is 0 Å². The van der Waals surface area contributed by atoms with E-state index in [1.807, 2.05) is 6.20 Å². The van der Waals surface area contributed by atoms with Crippen LogP contribution in [0.2, 0.25) is 0 Å². The van der Waals surface area contributed by atoms with Crippen molar-refractivity contribution in [3.63, 3.8) is 0 Å². The largest absolute Gasteiger partial charge is 0.345 e. The van der Waals surface area contributed by atoms with E-state index >= 15 is 0 Å². The lowest BCUT2D eigenvalue weighted by Gasteiger charge is -1.99. The summed E-state index contributed by atoms with van der Waals surface area (Å²) in [6.07, 6.45) is 2.29. The molecule has 0 spiro atoms. The van der Waals surface area contributed by atoms with E-state index in [1.54, 1.807) is 5.32 Å². The number of amides is 1. The first kappa shape index (κ1) is 5.21. The van der Waals surface area contributed by atoms with E-state index in [0.29, 0.717) is 6.08 Å². The number of carbonyl (C=O) groups excluding carboxylic acids is 1. The van der Waals surface area contributed by atoms with Crippen LogP contribution in [0.25, 0.3) is 0 Å². The van der Waals surface area contributed by atoms with Crippen LogP contribution in [0.15, 0.2) is 6.08 Å². The maximum absolute atomic E-state index is 11.8. The van der Waals surface area contributed by atoms with Gasteiger partial charge in [-0.1, -0.05) is 0 Å². The van der Waals surface area contributed by atoms with Gasteiger partial charge in [0.1, 0.15) is 0 Å². The Morgan fingerprint density at radius 2 is 2.38 bits per heavy atom. The number of hydrogen-bond donors (Lipinski definition) is 1. The molecule has 1 heterocycles. The van der Waals surface area contributed by atoms with Gasteiger partial charge >= 0.3 is 5.92 Å². The third-order valence-electron chi connectivity index (χ3n) is 0.742. The molecule has 43 valence electrons. The molecule has 2 nitrogen and oxygen atoms in total. The van der Waals surface area contributed by atoms with Gasteiger partial charge in [-0.25, -0.2) is 0 Å². The minimum absolute atomic E-state index is 0.398. The Bertz CT molecular complexity index is 152. The highest BCUT2D eigenvalue weighted by atomic mass is 19.3. The van der Waals surface area contributed by atoms with Crippen molar-refractivity contribution in [3.8, 4) is 0 Å². The van der Waals surface area contributed by atoms with Crippen LogP contribution >= 0.6 is 0 Å². The van der Waals surface area contributed by atoms with Gasteiger partial charge in [0.05, 0.1) is 6.20 Å². The van der Waals surface area contributed by atoms with E-state index < -0.39 is 11.8 Å². The van der Waals surface area contributed by atoms with Crippen LogP contribution in [-0.4, -0.2) is 11.8 Å². The van der Waals surface area contributed by atoms with Crippen molar-refractivity contribution in [2.24, 2.45) is 0 Å². The molecule has 0 aliphatic carbocycles.